The van der Waals surface area contributed by atoms with Crippen LogP contribution >= 0.6 is 35.6 Å². The summed E-state index contributed by atoms with van der Waals surface area (Å²) in [6.45, 7) is 6.91. The molecule has 1 N–H and O–H groups in total. The van der Waals surface area contributed by atoms with Crippen molar-refractivity contribution >= 4 is 57.2 Å². The van der Waals surface area contributed by atoms with Crippen LogP contribution in [0.15, 0.2) is 36.4 Å². The molecule has 1 unspecified atom stereocenters. The molecular weight excluding hydrogens is 453 g/mol. The molecule has 0 aliphatic rings. The fourth-order valence-electron chi connectivity index (χ4n) is 4.13. The molecule has 0 amide bonds. The lowest BCUT2D eigenvalue weighted by atomic mass is 9.92. The number of unbranched alkanes of at least 4 members (excludes halogenated alkanes) is 2. The molecule has 170 valence electrons. The molecule has 0 aliphatic carbocycles. The highest BCUT2D eigenvalue weighted by atomic mass is 35.5. The number of methoxy groups -OCH3 is 1. The summed E-state index contributed by atoms with van der Waals surface area (Å²) in [6.07, 6.45) is 3.81. The molecule has 0 aromatic heterocycles. The highest BCUT2D eigenvalue weighted by Crippen LogP contribution is 2.43. The Hall–Kier alpha value is -1.23. The topological polar surface area (TPSA) is 32.7 Å². The summed E-state index contributed by atoms with van der Waals surface area (Å²) in [5.41, 5.74) is 0.780. The first kappa shape index (κ1) is 26.0. The van der Waals surface area contributed by atoms with E-state index >= 15 is 0 Å². The third-order valence-corrected chi connectivity index (χ3v) is 6.13. The average molecular weight is 485 g/mol. The van der Waals surface area contributed by atoms with Gasteiger partial charge in [0.05, 0.1) is 13.2 Å². The Morgan fingerprint density at radius 3 is 1.90 bits per heavy atom. The molecule has 0 saturated heterocycles. The SMILES string of the molecule is CCCCN(CCCC)CC(O)c1c(OC)c2cc(Cl)ccc2c2ccc(Cl)cc12.Cl. The van der Waals surface area contributed by atoms with Crippen molar-refractivity contribution in [1.29, 1.82) is 0 Å². The summed E-state index contributed by atoms with van der Waals surface area (Å²) in [5.74, 6) is 0.667. The van der Waals surface area contributed by atoms with Crippen molar-refractivity contribution < 1.29 is 9.84 Å². The van der Waals surface area contributed by atoms with Gasteiger partial charge in [-0.05, 0) is 66.4 Å². The van der Waals surface area contributed by atoms with Crippen molar-refractivity contribution in [2.24, 2.45) is 0 Å². The minimum Gasteiger partial charge on any atom is -0.496 e. The molecule has 0 saturated carbocycles. The third kappa shape index (κ3) is 5.97. The molecule has 6 heteroatoms. The fourth-order valence-corrected chi connectivity index (χ4v) is 4.47. The van der Waals surface area contributed by atoms with Gasteiger partial charge in [-0.15, -0.1) is 12.4 Å². The summed E-state index contributed by atoms with van der Waals surface area (Å²) < 4.78 is 5.85. The van der Waals surface area contributed by atoms with Crippen molar-refractivity contribution in [2.45, 2.75) is 45.6 Å². The van der Waals surface area contributed by atoms with Crippen molar-refractivity contribution in [1.82, 2.24) is 4.90 Å². The Morgan fingerprint density at radius 1 is 0.871 bits per heavy atom. The minimum absolute atomic E-state index is 0. The van der Waals surface area contributed by atoms with E-state index in [-0.39, 0.29) is 12.4 Å². The molecule has 0 radical (unpaired) electrons. The van der Waals surface area contributed by atoms with Crippen LogP contribution in [0.3, 0.4) is 0 Å². The first-order valence-corrected chi connectivity index (χ1v) is 11.5. The number of aliphatic hydroxyl groups excluding tert-OH is 1. The maximum absolute atomic E-state index is 11.4. The summed E-state index contributed by atoms with van der Waals surface area (Å²) in [7, 11) is 1.65. The van der Waals surface area contributed by atoms with E-state index in [4.69, 9.17) is 27.9 Å². The smallest absolute Gasteiger partial charge is 0.133 e. The van der Waals surface area contributed by atoms with Gasteiger partial charge in [-0.1, -0.05) is 62.0 Å². The molecule has 3 aromatic carbocycles. The van der Waals surface area contributed by atoms with Gasteiger partial charge in [0.25, 0.3) is 0 Å². The highest BCUT2D eigenvalue weighted by Gasteiger charge is 2.23. The molecule has 0 heterocycles. The van der Waals surface area contributed by atoms with Gasteiger partial charge in [0.1, 0.15) is 5.75 Å². The second kappa shape index (κ2) is 12.1. The van der Waals surface area contributed by atoms with Crippen LogP contribution in [0.1, 0.15) is 51.2 Å². The minimum atomic E-state index is -0.696. The molecular formula is C25H32Cl3NO2. The van der Waals surface area contributed by atoms with Crippen molar-refractivity contribution in [3.05, 3.63) is 52.0 Å². The number of hydrogen-bond acceptors (Lipinski definition) is 3. The average Bonchev–Trinajstić information content (AvgIpc) is 2.74. The first-order chi connectivity index (χ1) is 14.5. The zero-order chi connectivity index (χ0) is 21.7. The second-order valence-electron chi connectivity index (χ2n) is 7.85. The maximum Gasteiger partial charge on any atom is 0.133 e. The summed E-state index contributed by atoms with van der Waals surface area (Å²) in [6, 6.07) is 11.6. The van der Waals surface area contributed by atoms with Gasteiger partial charge in [0.15, 0.2) is 0 Å². The lowest BCUT2D eigenvalue weighted by Gasteiger charge is -2.27. The van der Waals surface area contributed by atoms with Crippen LogP contribution in [-0.4, -0.2) is 36.8 Å². The van der Waals surface area contributed by atoms with Crippen LogP contribution in [0.2, 0.25) is 10.0 Å². The van der Waals surface area contributed by atoms with E-state index in [0.717, 1.165) is 65.9 Å². The van der Waals surface area contributed by atoms with Crippen LogP contribution in [0.25, 0.3) is 21.5 Å². The first-order valence-electron chi connectivity index (χ1n) is 10.8. The Balaban J connectivity index is 0.00000341. The molecule has 0 bridgehead atoms. The van der Waals surface area contributed by atoms with E-state index in [1.165, 1.54) is 0 Å². The Labute approximate surface area is 201 Å². The largest absolute Gasteiger partial charge is 0.496 e. The van der Waals surface area contributed by atoms with E-state index in [1.54, 1.807) is 7.11 Å². The number of aliphatic hydroxyl groups is 1. The zero-order valence-corrected chi connectivity index (χ0v) is 20.8. The van der Waals surface area contributed by atoms with E-state index in [1.807, 2.05) is 36.4 Å². The molecule has 0 fully saturated rings. The van der Waals surface area contributed by atoms with E-state index in [0.29, 0.717) is 22.3 Å². The van der Waals surface area contributed by atoms with Crippen LogP contribution in [0, 0.1) is 0 Å². The van der Waals surface area contributed by atoms with Crippen molar-refractivity contribution in [2.75, 3.05) is 26.7 Å². The van der Waals surface area contributed by atoms with Crippen LogP contribution < -0.4 is 4.74 Å². The lowest BCUT2D eigenvalue weighted by molar-refractivity contribution is 0.110. The summed E-state index contributed by atoms with van der Waals surface area (Å²) >= 11 is 12.7. The van der Waals surface area contributed by atoms with Gasteiger partial charge in [-0.25, -0.2) is 0 Å². The lowest BCUT2D eigenvalue weighted by Crippen LogP contribution is -2.31. The summed E-state index contributed by atoms with van der Waals surface area (Å²) in [5, 5.41) is 16.6. The summed E-state index contributed by atoms with van der Waals surface area (Å²) in [4.78, 5) is 2.36. The molecule has 31 heavy (non-hydrogen) atoms. The fraction of sp³-hybridized carbons (Fsp3) is 0.440. The Kier molecular flexibility index (Phi) is 10.2. The van der Waals surface area contributed by atoms with Gasteiger partial charge in [-0.3, -0.25) is 0 Å². The van der Waals surface area contributed by atoms with Gasteiger partial charge in [0.2, 0.25) is 0 Å². The Bertz CT molecular complexity index is 1000. The van der Waals surface area contributed by atoms with E-state index in [9.17, 15) is 5.11 Å². The normalized spacial score (nSPS) is 12.4. The van der Waals surface area contributed by atoms with Gasteiger partial charge >= 0.3 is 0 Å². The molecule has 1 atom stereocenters. The van der Waals surface area contributed by atoms with E-state index in [2.05, 4.69) is 18.7 Å². The number of benzene rings is 3. The molecule has 0 spiro atoms. The highest BCUT2D eigenvalue weighted by molar-refractivity contribution is 6.33. The standard InChI is InChI=1S/C25H31Cl2NO2.ClH/c1-4-6-12-28(13-7-5-2)16-23(29)24-21-14-17(26)8-10-19(21)20-11-9-18(27)15-22(20)25(24)30-3;/h8-11,14-15,23,29H,4-7,12-13,16H2,1-3H3;1H. The zero-order valence-electron chi connectivity index (χ0n) is 18.5. The number of hydrogen-bond donors (Lipinski definition) is 1. The predicted octanol–water partition coefficient (Wildman–Crippen LogP) is 7.67. The Morgan fingerprint density at radius 2 is 1.39 bits per heavy atom. The predicted molar refractivity (Wildman–Crippen MR) is 136 cm³/mol. The number of rotatable bonds is 10. The second-order valence-corrected chi connectivity index (χ2v) is 8.72. The number of halogens is 3. The van der Waals surface area contributed by atoms with Crippen molar-refractivity contribution in [3.8, 4) is 5.75 Å². The van der Waals surface area contributed by atoms with Gasteiger partial charge in [0, 0.05) is 27.5 Å². The van der Waals surface area contributed by atoms with Crippen LogP contribution in [-0.2, 0) is 0 Å². The molecule has 3 rings (SSSR count). The van der Waals surface area contributed by atoms with Gasteiger partial charge in [-0.2, -0.15) is 0 Å². The van der Waals surface area contributed by atoms with Gasteiger partial charge < -0.3 is 14.7 Å². The monoisotopic (exact) mass is 483 g/mol. The maximum atomic E-state index is 11.4. The van der Waals surface area contributed by atoms with E-state index < -0.39 is 6.10 Å². The van der Waals surface area contributed by atoms with Crippen LogP contribution in [0.5, 0.6) is 5.75 Å². The molecule has 0 aliphatic heterocycles. The third-order valence-electron chi connectivity index (χ3n) is 5.66. The molecule has 3 nitrogen and oxygen atoms in total. The number of nitrogens with zero attached hydrogens (tertiary/aromatic N) is 1. The molecule has 3 aromatic rings. The van der Waals surface area contributed by atoms with Crippen molar-refractivity contribution in [3.63, 3.8) is 0 Å². The number of fused-ring (bicyclic) bond motifs is 3. The quantitative estimate of drug-likeness (QED) is 0.300. The van der Waals surface area contributed by atoms with Crippen LogP contribution in [0.4, 0.5) is 0 Å². The number of ether oxygens (including phenoxy) is 1.